The Morgan fingerprint density at radius 3 is 2.57 bits per heavy atom. The molecule has 124 valence electrons. The van der Waals surface area contributed by atoms with Crippen molar-refractivity contribution in [1.29, 1.82) is 0 Å². The molecule has 1 aromatic rings. The summed E-state index contributed by atoms with van der Waals surface area (Å²) in [6.45, 7) is 6.20. The van der Waals surface area contributed by atoms with Gasteiger partial charge in [-0.15, -0.1) is 6.42 Å². The molecular formula is C19H26N2O2. The molecule has 1 N–H and O–H groups in total. The summed E-state index contributed by atoms with van der Waals surface area (Å²) in [5.41, 5.74) is 1.24. The molecule has 1 atom stereocenters. The highest BCUT2D eigenvalue weighted by atomic mass is 16.5. The van der Waals surface area contributed by atoms with E-state index in [2.05, 4.69) is 52.1 Å². The van der Waals surface area contributed by atoms with Crippen LogP contribution >= 0.6 is 0 Å². The molecule has 0 aliphatic carbocycles. The topological polar surface area (TPSA) is 35.9 Å². The summed E-state index contributed by atoms with van der Waals surface area (Å²) in [7, 11) is 0. The Morgan fingerprint density at radius 1 is 1.17 bits per heavy atom. The molecule has 0 radical (unpaired) electrons. The number of piperazine rings is 1. The molecular weight excluding hydrogens is 288 g/mol. The van der Waals surface area contributed by atoms with Crippen LogP contribution in [0.2, 0.25) is 0 Å². The molecule has 0 aromatic heterocycles. The number of nitrogens with zero attached hydrogens (tertiary/aromatic N) is 2. The standard InChI is InChI=1S/C19H26N2O2/c1-2-15-23-17-19(22)16-21-13-11-20(12-14-21)10-6-9-18-7-4-3-5-8-18/h1,3-9,19,22H,10-17H2. The molecule has 0 amide bonds. The van der Waals surface area contributed by atoms with Gasteiger partial charge >= 0.3 is 0 Å². The first-order valence-electron chi connectivity index (χ1n) is 8.13. The van der Waals surface area contributed by atoms with E-state index >= 15 is 0 Å². The Labute approximate surface area is 139 Å². The SMILES string of the molecule is C#CCOCC(O)CN1CCN(CC=Cc2ccccc2)CC1. The van der Waals surface area contributed by atoms with Crippen molar-refractivity contribution >= 4 is 6.08 Å². The second kappa shape index (κ2) is 10.2. The lowest BCUT2D eigenvalue weighted by Gasteiger charge is -2.35. The fourth-order valence-corrected chi connectivity index (χ4v) is 2.66. The van der Waals surface area contributed by atoms with Gasteiger partial charge in [-0.3, -0.25) is 9.80 Å². The number of β-amino-alcohol motifs (C(OH)–C–C–N with tert-alkyl or cyclic N) is 1. The molecule has 2 rings (SSSR count). The van der Waals surface area contributed by atoms with Crippen molar-refractivity contribution in [2.75, 3.05) is 52.5 Å². The quantitative estimate of drug-likeness (QED) is 0.580. The second-order valence-corrected chi connectivity index (χ2v) is 5.79. The molecule has 1 aliphatic rings. The molecule has 0 saturated carbocycles. The Morgan fingerprint density at radius 2 is 1.87 bits per heavy atom. The third-order valence-electron chi connectivity index (χ3n) is 3.90. The maximum atomic E-state index is 9.90. The summed E-state index contributed by atoms with van der Waals surface area (Å²) in [6, 6.07) is 10.4. The minimum Gasteiger partial charge on any atom is -0.389 e. The molecule has 1 unspecified atom stereocenters. The van der Waals surface area contributed by atoms with Crippen molar-refractivity contribution in [3.63, 3.8) is 0 Å². The lowest BCUT2D eigenvalue weighted by atomic mass is 10.2. The van der Waals surface area contributed by atoms with E-state index in [-0.39, 0.29) is 6.61 Å². The van der Waals surface area contributed by atoms with E-state index in [0.29, 0.717) is 13.2 Å². The van der Waals surface area contributed by atoms with Crippen LogP contribution in [0, 0.1) is 12.3 Å². The van der Waals surface area contributed by atoms with Crippen LogP contribution in [0.3, 0.4) is 0 Å². The summed E-state index contributed by atoms with van der Waals surface area (Å²) < 4.78 is 5.17. The van der Waals surface area contributed by atoms with E-state index in [9.17, 15) is 5.11 Å². The van der Waals surface area contributed by atoms with Crippen molar-refractivity contribution in [1.82, 2.24) is 9.80 Å². The number of aliphatic hydroxyl groups excluding tert-OH is 1. The number of hydrogen-bond acceptors (Lipinski definition) is 4. The minimum absolute atomic E-state index is 0.262. The number of ether oxygens (including phenoxy) is 1. The lowest BCUT2D eigenvalue weighted by molar-refractivity contribution is 0.0172. The molecule has 1 aliphatic heterocycles. The number of aliphatic hydroxyl groups is 1. The second-order valence-electron chi connectivity index (χ2n) is 5.79. The van der Waals surface area contributed by atoms with Gasteiger partial charge in [-0.05, 0) is 5.56 Å². The van der Waals surface area contributed by atoms with Gasteiger partial charge in [0.25, 0.3) is 0 Å². The molecule has 1 heterocycles. The molecule has 0 bridgehead atoms. The van der Waals surface area contributed by atoms with Gasteiger partial charge in [-0.1, -0.05) is 48.4 Å². The van der Waals surface area contributed by atoms with E-state index in [1.54, 1.807) is 0 Å². The number of rotatable bonds is 8. The first-order valence-corrected chi connectivity index (χ1v) is 8.13. The van der Waals surface area contributed by atoms with E-state index < -0.39 is 6.10 Å². The zero-order chi connectivity index (χ0) is 16.3. The molecule has 1 aromatic carbocycles. The maximum Gasteiger partial charge on any atom is 0.107 e. The molecule has 23 heavy (non-hydrogen) atoms. The van der Waals surface area contributed by atoms with Crippen LogP contribution in [-0.2, 0) is 4.74 Å². The highest BCUT2D eigenvalue weighted by molar-refractivity contribution is 5.48. The zero-order valence-corrected chi connectivity index (χ0v) is 13.6. The maximum absolute atomic E-state index is 9.90. The Hall–Kier alpha value is -1.64. The number of hydrogen-bond donors (Lipinski definition) is 1. The summed E-state index contributed by atoms with van der Waals surface area (Å²) in [4.78, 5) is 4.71. The smallest absolute Gasteiger partial charge is 0.107 e. The lowest BCUT2D eigenvalue weighted by Crippen LogP contribution is -2.49. The first-order chi connectivity index (χ1) is 11.3. The Bertz CT molecular complexity index is 502. The van der Waals surface area contributed by atoms with E-state index in [4.69, 9.17) is 11.2 Å². The fourth-order valence-electron chi connectivity index (χ4n) is 2.66. The Balaban J connectivity index is 1.62. The van der Waals surface area contributed by atoms with Crippen LogP contribution in [0.15, 0.2) is 36.4 Å². The zero-order valence-electron chi connectivity index (χ0n) is 13.6. The highest BCUT2D eigenvalue weighted by Gasteiger charge is 2.18. The van der Waals surface area contributed by atoms with Gasteiger partial charge in [0.15, 0.2) is 0 Å². The van der Waals surface area contributed by atoms with Crippen molar-refractivity contribution in [3.05, 3.63) is 42.0 Å². The summed E-state index contributed by atoms with van der Waals surface area (Å²) in [5, 5.41) is 9.90. The van der Waals surface area contributed by atoms with E-state index in [0.717, 1.165) is 32.7 Å². The normalized spacial score (nSPS) is 18.1. The van der Waals surface area contributed by atoms with Crippen LogP contribution in [0.4, 0.5) is 0 Å². The van der Waals surface area contributed by atoms with Gasteiger partial charge < -0.3 is 9.84 Å². The summed E-state index contributed by atoms with van der Waals surface area (Å²) in [6.07, 6.45) is 9.03. The largest absolute Gasteiger partial charge is 0.389 e. The van der Waals surface area contributed by atoms with Gasteiger partial charge in [0.05, 0.1) is 12.7 Å². The molecule has 0 spiro atoms. The predicted octanol–water partition coefficient (Wildman–Crippen LogP) is 1.33. The van der Waals surface area contributed by atoms with Gasteiger partial charge in [0.2, 0.25) is 0 Å². The van der Waals surface area contributed by atoms with Crippen molar-refractivity contribution in [2.45, 2.75) is 6.10 Å². The third-order valence-corrected chi connectivity index (χ3v) is 3.90. The highest BCUT2D eigenvalue weighted by Crippen LogP contribution is 2.05. The van der Waals surface area contributed by atoms with Crippen molar-refractivity contribution < 1.29 is 9.84 Å². The number of benzene rings is 1. The monoisotopic (exact) mass is 314 g/mol. The van der Waals surface area contributed by atoms with Gasteiger partial charge in [0.1, 0.15) is 6.61 Å². The Kier molecular flexibility index (Phi) is 7.85. The van der Waals surface area contributed by atoms with Crippen LogP contribution in [0.1, 0.15) is 5.56 Å². The van der Waals surface area contributed by atoms with Gasteiger partial charge in [-0.25, -0.2) is 0 Å². The fraction of sp³-hybridized carbons (Fsp3) is 0.474. The molecule has 4 heteroatoms. The van der Waals surface area contributed by atoms with Crippen molar-refractivity contribution in [3.8, 4) is 12.3 Å². The average molecular weight is 314 g/mol. The first kappa shape index (κ1) is 17.7. The molecule has 1 saturated heterocycles. The van der Waals surface area contributed by atoms with Gasteiger partial charge in [-0.2, -0.15) is 0 Å². The molecule has 4 nitrogen and oxygen atoms in total. The minimum atomic E-state index is -0.465. The van der Waals surface area contributed by atoms with E-state index in [1.807, 2.05) is 6.07 Å². The predicted molar refractivity (Wildman–Crippen MR) is 94.0 cm³/mol. The number of terminal acetylenes is 1. The van der Waals surface area contributed by atoms with Crippen LogP contribution in [0.5, 0.6) is 0 Å². The van der Waals surface area contributed by atoms with Crippen molar-refractivity contribution in [2.24, 2.45) is 0 Å². The van der Waals surface area contributed by atoms with Gasteiger partial charge in [0, 0.05) is 39.3 Å². The molecule has 1 fully saturated rings. The van der Waals surface area contributed by atoms with E-state index in [1.165, 1.54) is 5.56 Å². The van der Waals surface area contributed by atoms with Crippen LogP contribution < -0.4 is 0 Å². The third kappa shape index (κ3) is 6.98. The van der Waals surface area contributed by atoms with Crippen LogP contribution in [0.25, 0.3) is 6.08 Å². The summed E-state index contributed by atoms with van der Waals surface area (Å²) in [5.74, 6) is 2.40. The van der Waals surface area contributed by atoms with Crippen LogP contribution in [-0.4, -0.2) is 73.5 Å². The summed E-state index contributed by atoms with van der Waals surface area (Å²) >= 11 is 0. The average Bonchev–Trinajstić information content (AvgIpc) is 2.58.